The van der Waals surface area contributed by atoms with Gasteiger partial charge in [0, 0.05) is 27.9 Å². The monoisotopic (exact) mass is 605 g/mol. The van der Waals surface area contributed by atoms with Gasteiger partial charge in [-0.3, -0.25) is 0 Å². The van der Waals surface area contributed by atoms with Crippen LogP contribution in [0.2, 0.25) is 0 Å². The molecule has 6 aromatic carbocycles. The first-order valence-electron chi connectivity index (χ1n) is 16.6. The van der Waals surface area contributed by atoms with Crippen LogP contribution in [0.15, 0.2) is 158 Å². The summed E-state index contributed by atoms with van der Waals surface area (Å²) in [6, 6.07) is 57.1. The number of hydrogen-bond donors (Lipinski definition) is 0. The van der Waals surface area contributed by atoms with Crippen molar-refractivity contribution in [3.8, 4) is 0 Å². The second kappa shape index (κ2) is 11.1. The van der Waals surface area contributed by atoms with Gasteiger partial charge in [-0.15, -0.1) is 0 Å². The van der Waals surface area contributed by atoms with Gasteiger partial charge in [0.1, 0.15) is 0 Å². The fourth-order valence-corrected chi connectivity index (χ4v) is 7.98. The van der Waals surface area contributed by atoms with Crippen LogP contribution < -0.4 is 4.90 Å². The summed E-state index contributed by atoms with van der Waals surface area (Å²) >= 11 is 0. The molecule has 0 aromatic heterocycles. The molecule has 0 amide bonds. The van der Waals surface area contributed by atoms with Gasteiger partial charge < -0.3 is 4.90 Å². The Morgan fingerprint density at radius 3 is 1.53 bits per heavy atom. The Labute approximate surface area is 279 Å². The zero-order valence-corrected chi connectivity index (χ0v) is 27.5. The largest absolute Gasteiger partial charge is 0.311 e. The zero-order valence-electron chi connectivity index (χ0n) is 27.5. The summed E-state index contributed by atoms with van der Waals surface area (Å²) in [5.41, 5.74) is 16.8. The van der Waals surface area contributed by atoms with Crippen molar-refractivity contribution in [2.24, 2.45) is 0 Å². The molecule has 2 aliphatic rings. The highest BCUT2D eigenvalue weighted by atomic mass is 15.1. The molecular weight excluding hydrogens is 567 g/mol. The van der Waals surface area contributed by atoms with E-state index < -0.39 is 0 Å². The minimum Gasteiger partial charge on any atom is -0.311 e. The maximum Gasteiger partial charge on any atom is 0.0462 e. The molecule has 1 nitrogen and oxygen atoms in total. The Kier molecular flexibility index (Phi) is 6.88. The minimum atomic E-state index is -0.0781. The average molecular weight is 606 g/mol. The maximum atomic E-state index is 2.44. The van der Waals surface area contributed by atoms with Crippen LogP contribution in [0.25, 0.3) is 22.8 Å². The van der Waals surface area contributed by atoms with Crippen molar-refractivity contribution in [3.05, 3.63) is 197 Å². The second-order valence-corrected chi connectivity index (χ2v) is 13.8. The lowest BCUT2D eigenvalue weighted by Gasteiger charge is -2.28. The lowest BCUT2D eigenvalue weighted by molar-refractivity contribution is 0.694. The number of anilines is 3. The molecule has 47 heavy (non-hydrogen) atoms. The van der Waals surface area contributed by atoms with Gasteiger partial charge in [-0.1, -0.05) is 149 Å². The van der Waals surface area contributed by atoms with E-state index in [1.165, 1.54) is 55.7 Å². The van der Waals surface area contributed by atoms with Crippen molar-refractivity contribution in [1.82, 2.24) is 0 Å². The third-order valence-corrected chi connectivity index (χ3v) is 10.2. The van der Waals surface area contributed by atoms with Crippen LogP contribution in [0.1, 0.15) is 66.6 Å². The maximum absolute atomic E-state index is 2.44. The molecule has 0 aliphatic heterocycles. The van der Waals surface area contributed by atoms with E-state index in [4.69, 9.17) is 0 Å². The number of benzene rings is 6. The van der Waals surface area contributed by atoms with Crippen molar-refractivity contribution < 1.29 is 0 Å². The SMILES string of the molecule is CC1(C)C2=C(c3ccccc31)C(C)(C)c1cc(C=C(c3ccccc3)c3ccc(N(c4ccccc4)c4ccccc4)cc3)ccc12. The summed E-state index contributed by atoms with van der Waals surface area (Å²) in [4.78, 5) is 2.31. The third-order valence-electron chi connectivity index (χ3n) is 10.2. The number of para-hydroxylation sites is 2. The molecule has 1 heteroatoms. The molecule has 0 N–H and O–H groups in total. The van der Waals surface area contributed by atoms with Crippen molar-refractivity contribution in [1.29, 1.82) is 0 Å². The van der Waals surface area contributed by atoms with E-state index in [-0.39, 0.29) is 10.8 Å². The van der Waals surface area contributed by atoms with Gasteiger partial charge in [0.05, 0.1) is 0 Å². The Bertz CT molecular complexity index is 2110. The molecule has 0 saturated heterocycles. The molecule has 0 atom stereocenters. The van der Waals surface area contributed by atoms with Gasteiger partial charge in [0.15, 0.2) is 0 Å². The molecule has 8 rings (SSSR count). The highest BCUT2D eigenvalue weighted by Gasteiger charge is 2.49. The fourth-order valence-electron chi connectivity index (χ4n) is 7.98. The highest BCUT2D eigenvalue weighted by molar-refractivity contribution is 6.09. The molecule has 0 radical (unpaired) electrons. The predicted molar refractivity (Wildman–Crippen MR) is 200 cm³/mol. The molecule has 6 aromatic rings. The van der Waals surface area contributed by atoms with Crippen LogP contribution in [0.4, 0.5) is 17.1 Å². The topological polar surface area (TPSA) is 3.24 Å². The van der Waals surface area contributed by atoms with E-state index >= 15 is 0 Å². The summed E-state index contributed by atoms with van der Waals surface area (Å²) < 4.78 is 0. The van der Waals surface area contributed by atoms with Crippen LogP contribution in [0.5, 0.6) is 0 Å². The van der Waals surface area contributed by atoms with Crippen LogP contribution in [0, 0.1) is 0 Å². The van der Waals surface area contributed by atoms with Crippen molar-refractivity contribution in [3.63, 3.8) is 0 Å². The van der Waals surface area contributed by atoms with Crippen LogP contribution in [-0.2, 0) is 10.8 Å². The third kappa shape index (κ3) is 4.77. The Balaban J connectivity index is 1.21. The summed E-state index contributed by atoms with van der Waals surface area (Å²) in [6.45, 7) is 9.59. The number of fused-ring (bicyclic) bond motifs is 4. The number of hydrogen-bond acceptors (Lipinski definition) is 1. The molecule has 0 saturated carbocycles. The highest BCUT2D eigenvalue weighted by Crippen LogP contribution is 2.62. The standard InChI is InChI=1S/C46H39N/c1-45(2)41-23-15-14-22-38(41)43-44(45)39-29-24-32(31-42(39)46(43,3)4)30-40(33-16-8-5-9-17-33)34-25-27-37(28-26-34)47(35-18-10-6-11-19-35)36-20-12-7-13-21-36/h5-31H,1-4H3. The van der Waals surface area contributed by atoms with Crippen LogP contribution >= 0.6 is 0 Å². The molecule has 0 heterocycles. The van der Waals surface area contributed by atoms with E-state index in [2.05, 4.69) is 196 Å². The minimum absolute atomic E-state index is 0.0177. The summed E-state index contributed by atoms with van der Waals surface area (Å²) in [6.07, 6.45) is 2.37. The first-order valence-corrected chi connectivity index (χ1v) is 16.6. The summed E-state index contributed by atoms with van der Waals surface area (Å²) in [7, 11) is 0. The fraction of sp³-hybridized carbons (Fsp3) is 0.130. The summed E-state index contributed by atoms with van der Waals surface area (Å²) in [5, 5.41) is 0. The predicted octanol–water partition coefficient (Wildman–Crippen LogP) is 12.2. The number of nitrogens with zero attached hydrogens (tertiary/aromatic N) is 1. The van der Waals surface area contributed by atoms with Crippen LogP contribution in [0.3, 0.4) is 0 Å². The van der Waals surface area contributed by atoms with Crippen molar-refractivity contribution in [2.75, 3.05) is 4.90 Å². The van der Waals surface area contributed by atoms with Gasteiger partial charge >= 0.3 is 0 Å². The Morgan fingerprint density at radius 2 is 0.915 bits per heavy atom. The molecule has 0 fully saturated rings. The van der Waals surface area contributed by atoms with Gasteiger partial charge in [-0.25, -0.2) is 0 Å². The molecular formula is C46H39N. The first-order chi connectivity index (χ1) is 22.8. The van der Waals surface area contributed by atoms with Crippen molar-refractivity contribution >= 4 is 39.9 Å². The van der Waals surface area contributed by atoms with E-state index in [0.717, 1.165) is 17.1 Å². The molecule has 0 spiro atoms. The molecule has 228 valence electrons. The number of rotatable bonds is 6. The Hall–Kier alpha value is -5.40. The quantitative estimate of drug-likeness (QED) is 0.171. The molecule has 2 aliphatic carbocycles. The average Bonchev–Trinajstić information content (AvgIpc) is 3.50. The van der Waals surface area contributed by atoms with E-state index in [9.17, 15) is 0 Å². The molecule has 0 bridgehead atoms. The smallest absolute Gasteiger partial charge is 0.0462 e. The van der Waals surface area contributed by atoms with Gasteiger partial charge in [0.25, 0.3) is 0 Å². The van der Waals surface area contributed by atoms with E-state index in [0.29, 0.717) is 0 Å². The normalized spacial score (nSPS) is 15.6. The lowest BCUT2D eigenvalue weighted by atomic mass is 9.75. The summed E-state index contributed by atoms with van der Waals surface area (Å²) in [5.74, 6) is 0. The van der Waals surface area contributed by atoms with E-state index in [1.54, 1.807) is 0 Å². The zero-order chi connectivity index (χ0) is 32.2. The van der Waals surface area contributed by atoms with Crippen LogP contribution in [-0.4, -0.2) is 0 Å². The van der Waals surface area contributed by atoms with Gasteiger partial charge in [-0.2, -0.15) is 0 Å². The molecule has 0 unspecified atom stereocenters. The van der Waals surface area contributed by atoms with Crippen molar-refractivity contribution in [2.45, 2.75) is 38.5 Å². The Morgan fingerprint density at radius 1 is 0.447 bits per heavy atom. The van der Waals surface area contributed by atoms with Gasteiger partial charge in [0.2, 0.25) is 0 Å². The van der Waals surface area contributed by atoms with Gasteiger partial charge in [-0.05, 0) is 98.1 Å². The lowest BCUT2D eigenvalue weighted by Crippen LogP contribution is -2.19. The number of allylic oxidation sites excluding steroid dienone is 2. The second-order valence-electron chi connectivity index (χ2n) is 13.8. The van der Waals surface area contributed by atoms with E-state index in [1.807, 2.05) is 0 Å². The first kappa shape index (κ1) is 29.0.